The Kier molecular flexibility index (Phi) is 4.99. The zero-order valence-electron chi connectivity index (χ0n) is 14.3. The first-order valence-corrected chi connectivity index (χ1v) is 8.95. The van der Waals surface area contributed by atoms with Gasteiger partial charge in [-0.3, -0.25) is 4.79 Å². The number of hydrogen-bond acceptors (Lipinski definition) is 3. The van der Waals surface area contributed by atoms with Crippen LogP contribution in [0.1, 0.15) is 31.1 Å². The van der Waals surface area contributed by atoms with Gasteiger partial charge in [-0.15, -0.1) is 0 Å². The monoisotopic (exact) mass is 358 g/mol. The summed E-state index contributed by atoms with van der Waals surface area (Å²) >= 11 is 1.31. The lowest BCUT2D eigenvalue weighted by Crippen LogP contribution is -2.16. The van der Waals surface area contributed by atoms with E-state index >= 15 is 0 Å². The van der Waals surface area contributed by atoms with E-state index in [2.05, 4.69) is 4.99 Å². The number of carbonyl (C=O) groups is 1. The molecule has 6 heteroatoms. The number of para-hydroxylation sites is 1. The topological polar surface area (TPSA) is 43.6 Å². The van der Waals surface area contributed by atoms with E-state index in [1.165, 1.54) is 17.4 Å². The number of rotatable bonds is 4. The molecule has 3 aromatic rings. The number of aromatic nitrogens is 1. The Morgan fingerprint density at radius 2 is 1.96 bits per heavy atom. The summed E-state index contributed by atoms with van der Waals surface area (Å²) in [5.74, 6) is 0.0454. The standard InChI is InChI=1S/C19H19FN2O2S/c1-4-22-17-15(20)6-5-7-16(17)25-19(22)21-18(23)13-8-10-14(11-9-13)24-12(2)3/h5-12H,4H2,1-3H3. The van der Waals surface area contributed by atoms with Gasteiger partial charge in [-0.2, -0.15) is 4.99 Å². The van der Waals surface area contributed by atoms with Gasteiger partial charge in [0, 0.05) is 12.1 Å². The van der Waals surface area contributed by atoms with Crippen LogP contribution in [0, 0.1) is 5.82 Å². The molecular formula is C19H19FN2O2S. The first kappa shape index (κ1) is 17.4. The van der Waals surface area contributed by atoms with Crippen LogP contribution in [0.3, 0.4) is 0 Å². The van der Waals surface area contributed by atoms with Crippen LogP contribution in [0.25, 0.3) is 10.2 Å². The number of fused-ring (bicyclic) bond motifs is 1. The highest BCUT2D eigenvalue weighted by atomic mass is 32.1. The van der Waals surface area contributed by atoms with Gasteiger partial charge in [-0.05, 0) is 57.2 Å². The fraction of sp³-hybridized carbons (Fsp3) is 0.263. The van der Waals surface area contributed by atoms with Crippen LogP contribution < -0.4 is 9.54 Å². The molecule has 1 aromatic heterocycles. The number of benzene rings is 2. The first-order valence-electron chi connectivity index (χ1n) is 8.13. The fourth-order valence-electron chi connectivity index (χ4n) is 2.57. The van der Waals surface area contributed by atoms with Crippen LogP contribution >= 0.6 is 11.3 Å². The second-order valence-corrected chi connectivity index (χ2v) is 6.83. The molecule has 0 aliphatic rings. The maximum absolute atomic E-state index is 14.1. The molecule has 0 spiro atoms. The number of nitrogens with zero attached hydrogens (tertiary/aromatic N) is 2. The normalized spacial score (nSPS) is 12.1. The Morgan fingerprint density at radius 3 is 2.60 bits per heavy atom. The van der Waals surface area contributed by atoms with Crippen molar-refractivity contribution in [1.29, 1.82) is 0 Å². The Labute approximate surface area is 149 Å². The van der Waals surface area contributed by atoms with E-state index < -0.39 is 0 Å². The fourth-order valence-corrected chi connectivity index (χ4v) is 3.67. The third kappa shape index (κ3) is 3.64. The van der Waals surface area contributed by atoms with E-state index in [-0.39, 0.29) is 17.8 Å². The number of thiazole rings is 1. The van der Waals surface area contributed by atoms with Gasteiger partial charge in [0.05, 0.1) is 16.3 Å². The molecule has 0 unspecified atom stereocenters. The summed E-state index contributed by atoms with van der Waals surface area (Å²) < 4.78 is 22.2. The summed E-state index contributed by atoms with van der Waals surface area (Å²) in [7, 11) is 0. The van der Waals surface area contributed by atoms with E-state index in [4.69, 9.17) is 4.74 Å². The number of aryl methyl sites for hydroxylation is 1. The van der Waals surface area contributed by atoms with Crippen LogP contribution in [0.2, 0.25) is 0 Å². The zero-order valence-corrected chi connectivity index (χ0v) is 15.1. The van der Waals surface area contributed by atoms with Crippen molar-refractivity contribution in [3.8, 4) is 5.75 Å². The molecule has 0 radical (unpaired) electrons. The van der Waals surface area contributed by atoms with Crippen molar-refractivity contribution in [3.05, 3.63) is 58.6 Å². The predicted molar refractivity (Wildman–Crippen MR) is 97.5 cm³/mol. The molecule has 0 saturated carbocycles. The van der Waals surface area contributed by atoms with E-state index in [1.807, 2.05) is 26.8 Å². The van der Waals surface area contributed by atoms with Gasteiger partial charge in [-0.25, -0.2) is 4.39 Å². The number of amides is 1. The minimum absolute atomic E-state index is 0.0724. The van der Waals surface area contributed by atoms with Crippen LogP contribution in [-0.4, -0.2) is 16.6 Å². The van der Waals surface area contributed by atoms with Crippen LogP contribution in [-0.2, 0) is 6.54 Å². The number of ether oxygens (including phenoxy) is 1. The van der Waals surface area contributed by atoms with E-state index in [1.54, 1.807) is 34.9 Å². The largest absolute Gasteiger partial charge is 0.491 e. The summed E-state index contributed by atoms with van der Waals surface area (Å²) in [5.41, 5.74) is 0.957. The van der Waals surface area contributed by atoms with Gasteiger partial charge >= 0.3 is 0 Å². The summed E-state index contributed by atoms with van der Waals surface area (Å²) in [4.78, 5) is 17.2. The van der Waals surface area contributed by atoms with E-state index in [0.29, 0.717) is 28.2 Å². The quantitative estimate of drug-likeness (QED) is 0.694. The lowest BCUT2D eigenvalue weighted by Gasteiger charge is -2.09. The second kappa shape index (κ2) is 7.19. The SMILES string of the molecule is CCn1c(=NC(=O)c2ccc(OC(C)C)cc2)sc2cccc(F)c21. The van der Waals surface area contributed by atoms with Crippen LogP contribution in [0.5, 0.6) is 5.75 Å². The van der Waals surface area contributed by atoms with Crippen molar-refractivity contribution in [2.24, 2.45) is 4.99 Å². The highest BCUT2D eigenvalue weighted by Crippen LogP contribution is 2.20. The molecule has 3 rings (SSSR count). The van der Waals surface area contributed by atoms with E-state index in [0.717, 1.165) is 4.70 Å². The average molecular weight is 358 g/mol. The highest BCUT2D eigenvalue weighted by molar-refractivity contribution is 7.16. The molecule has 0 atom stereocenters. The summed E-state index contributed by atoms with van der Waals surface area (Å²) in [6.07, 6.45) is 0.0724. The minimum atomic E-state index is -0.356. The van der Waals surface area contributed by atoms with Crippen molar-refractivity contribution in [2.75, 3.05) is 0 Å². The van der Waals surface area contributed by atoms with Gasteiger partial charge in [-0.1, -0.05) is 17.4 Å². The Balaban J connectivity index is 1.99. The number of carbonyl (C=O) groups excluding carboxylic acids is 1. The van der Waals surface area contributed by atoms with Gasteiger partial charge in [0.15, 0.2) is 4.80 Å². The number of halogens is 1. The molecule has 130 valence electrons. The molecule has 0 N–H and O–H groups in total. The molecule has 25 heavy (non-hydrogen) atoms. The third-order valence-corrected chi connectivity index (χ3v) is 4.68. The first-order chi connectivity index (χ1) is 12.0. The van der Waals surface area contributed by atoms with Gasteiger partial charge in [0.2, 0.25) is 0 Å². The lowest BCUT2D eigenvalue weighted by atomic mass is 10.2. The molecule has 0 bridgehead atoms. The minimum Gasteiger partial charge on any atom is -0.491 e. The summed E-state index contributed by atoms with van der Waals surface area (Å²) in [5, 5.41) is 0. The number of hydrogen-bond donors (Lipinski definition) is 0. The molecule has 1 amide bonds. The maximum atomic E-state index is 14.1. The van der Waals surface area contributed by atoms with Crippen molar-refractivity contribution >= 4 is 27.5 Å². The Morgan fingerprint density at radius 1 is 1.24 bits per heavy atom. The van der Waals surface area contributed by atoms with Crippen molar-refractivity contribution in [3.63, 3.8) is 0 Å². The third-order valence-electron chi connectivity index (χ3n) is 3.64. The molecule has 2 aromatic carbocycles. The van der Waals surface area contributed by atoms with E-state index in [9.17, 15) is 9.18 Å². The molecule has 0 saturated heterocycles. The Hall–Kier alpha value is -2.47. The molecule has 0 aliphatic heterocycles. The molecule has 0 fully saturated rings. The van der Waals surface area contributed by atoms with Gasteiger partial charge in [0.25, 0.3) is 5.91 Å². The smallest absolute Gasteiger partial charge is 0.279 e. The van der Waals surface area contributed by atoms with Crippen LogP contribution in [0.4, 0.5) is 4.39 Å². The van der Waals surface area contributed by atoms with Crippen molar-refractivity contribution in [1.82, 2.24) is 4.57 Å². The Bertz CT molecular complexity index is 971. The van der Waals surface area contributed by atoms with Crippen molar-refractivity contribution < 1.29 is 13.9 Å². The van der Waals surface area contributed by atoms with Gasteiger partial charge in [0.1, 0.15) is 11.6 Å². The lowest BCUT2D eigenvalue weighted by molar-refractivity contribution is 0.0998. The summed E-state index contributed by atoms with van der Waals surface area (Å²) in [6, 6.07) is 11.8. The molecular weight excluding hydrogens is 339 g/mol. The van der Waals surface area contributed by atoms with Crippen molar-refractivity contribution in [2.45, 2.75) is 33.4 Å². The highest BCUT2D eigenvalue weighted by Gasteiger charge is 2.11. The second-order valence-electron chi connectivity index (χ2n) is 5.82. The zero-order chi connectivity index (χ0) is 18.0. The maximum Gasteiger partial charge on any atom is 0.279 e. The molecule has 1 heterocycles. The average Bonchev–Trinajstić information content (AvgIpc) is 2.93. The molecule has 0 aliphatic carbocycles. The van der Waals surface area contributed by atoms with Gasteiger partial charge < -0.3 is 9.30 Å². The van der Waals surface area contributed by atoms with Crippen LogP contribution in [0.15, 0.2) is 47.5 Å². The molecule has 4 nitrogen and oxygen atoms in total. The summed E-state index contributed by atoms with van der Waals surface area (Å²) in [6.45, 7) is 6.32. The predicted octanol–water partition coefficient (Wildman–Crippen LogP) is 4.39.